The Morgan fingerprint density at radius 1 is 1.59 bits per heavy atom. The lowest BCUT2D eigenvalue weighted by molar-refractivity contribution is -0.384. The molecule has 0 saturated heterocycles. The van der Waals surface area contributed by atoms with Crippen molar-refractivity contribution < 1.29 is 22.8 Å². The van der Waals surface area contributed by atoms with Crippen LogP contribution in [0, 0.1) is 21.4 Å². The van der Waals surface area contributed by atoms with Gasteiger partial charge in [0, 0.05) is 0 Å². The Balaban J connectivity index is 3.35. The lowest BCUT2D eigenvalue weighted by Gasteiger charge is -2.10. The van der Waals surface area contributed by atoms with Crippen molar-refractivity contribution in [2.45, 2.75) is 6.36 Å². The molecule has 90 valence electrons. The highest BCUT2D eigenvalue weighted by atomic mass is 19.4. The molecule has 0 aliphatic carbocycles. The van der Waals surface area contributed by atoms with E-state index in [0.29, 0.717) is 6.20 Å². The Kier molecular flexibility index (Phi) is 3.03. The summed E-state index contributed by atoms with van der Waals surface area (Å²) in [5.74, 6) is -1.02. The Morgan fingerprint density at radius 3 is 2.59 bits per heavy atom. The van der Waals surface area contributed by atoms with Crippen LogP contribution in [0.1, 0.15) is 5.69 Å². The van der Waals surface area contributed by atoms with Crippen molar-refractivity contribution in [3.05, 3.63) is 22.0 Å². The van der Waals surface area contributed by atoms with Crippen LogP contribution in [0.3, 0.4) is 0 Å². The molecule has 0 aromatic carbocycles. The molecule has 1 aromatic rings. The van der Waals surface area contributed by atoms with E-state index < -0.39 is 34.1 Å². The van der Waals surface area contributed by atoms with Crippen molar-refractivity contribution in [2.75, 3.05) is 5.73 Å². The summed E-state index contributed by atoms with van der Waals surface area (Å²) >= 11 is 0. The average molecular weight is 248 g/mol. The number of aromatic nitrogens is 1. The molecule has 0 unspecified atom stereocenters. The predicted octanol–water partition coefficient (Wildman–Crippen LogP) is 1.34. The number of alkyl halides is 3. The molecule has 0 radical (unpaired) electrons. The van der Waals surface area contributed by atoms with Gasteiger partial charge >= 0.3 is 12.0 Å². The van der Waals surface area contributed by atoms with Crippen LogP contribution in [0.15, 0.2) is 6.20 Å². The summed E-state index contributed by atoms with van der Waals surface area (Å²) in [6, 6.07) is 1.34. The van der Waals surface area contributed by atoms with Crippen LogP contribution < -0.4 is 10.5 Å². The summed E-state index contributed by atoms with van der Waals surface area (Å²) in [6.07, 6.45) is -4.56. The minimum atomic E-state index is -5.06. The summed E-state index contributed by atoms with van der Waals surface area (Å²) in [5.41, 5.74) is 2.49. The number of nitrogens with two attached hydrogens (primary N) is 1. The van der Waals surface area contributed by atoms with E-state index in [2.05, 4.69) is 9.72 Å². The maximum absolute atomic E-state index is 11.9. The Labute approximate surface area is 91.4 Å². The molecular formula is C7H3F3N4O3. The number of nitro groups is 1. The molecule has 10 heteroatoms. The number of halogens is 3. The lowest BCUT2D eigenvalue weighted by Crippen LogP contribution is -2.18. The Hall–Kier alpha value is -2.57. The van der Waals surface area contributed by atoms with Crippen LogP contribution in [0.4, 0.5) is 24.5 Å². The van der Waals surface area contributed by atoms with Crippen molar-refractivity contribution in [1.29, 1.82) is 5.26 Å². The number of nitrogens with zero attached hydrogens (tertiary/aromatic N) is 3. The van der Waals surface area contributed by atoms with Gasteiger partial charge in [-0.25, -0.2) is 4.98 Å². The van der Waals surface area contributed by atoms with Gasteiger partial charge in [-0.1, -0.05) is 0 Å². The molecule has 0 spiro atoms. The van der Waals surface area contributed by atoms with Gasteiger partial charge in [-0.2, -0.15) is 5.26 Å². The zero-order valence-corrected chi connectivity index (χ0v) is 7.85. The molecule has 1 heterocycles. The number of pyridine rings is 1. The maximum Gasteiger partial charge on any atom is 0.573 e. The largest absolute Gasteiger partial charge is 0.573 e. The van der Waals surface area contributed by atoms with Crippen LogP contribution in [0.2, 0.25) is 0 Å². The Bertz CT molecular complexity index is 508. The molecule has 0 fully saturated rings. The third-order valence-corrected chi connectivity index (χ3v) is 1.57. The maximum atomic E-state index is 11.9. The van der Waals surface area contributed by atoms with Crippen molar-refractivity contribution in [1.82, 2.24) is 4.98 Å². The van der Waals surface area contributed by atoms with E-state index in [0.717, 1.165) is 0 Å². The molecule has 0 saturated carbocycles. The fourth-order valence-corrected chi connectivity index (χ4v) is 0.971. The average Bonchev–Trinajstić information content (AvgIpc) is 2.18. The normalized spacial score (nSPS) is 10.7. The van der Waals surface area contributed by atoms with Crippen LogP contribution in [0.5, 0.6) is 5.75 Å². The van der Waals surface area contributed by atoms with Crippen molar-refractivity contribution in [2.24, 2.45) is 0 Å². The first kappa shape index (κ1) is 12.5. The highest BCUT2D eigenvalue weighted by Crippen LogP contribution is 2.35. The highest BCUT2D eigenvalue weighted by Gasteiger charge is 2.34. The van der Waals surface area contributed by atoms with E-state index >= 15 is 0 Å². The SMILES string of the molecule is N#Cc1ncc(OC(F)(F)F)c(N)c1[N+](=O)[O-]. The standard InChI is InChI=1S/C7H3F3N4O3/c8-7(9,10)17-4-2-13-3(1-11)6(5(4)12)14(15)16/h2H,(H2,12,13). The molecule has 0 bridgehead atoms. The highest BCUT2D eigenvalue weighted by molar-refractivity contribution is 5.70. The van der Waals surface area contributed by atoms with Crippen LogP contribution in [-0.2, 0) is 0 Å². The molecule has 0 aliphatic rings. The minimum absolute atomic E-state index is 0.494. The summed E-state index contributed by atoms with van der Waals surface area (Å²) in [4.78, 5) is 12.6. The third kappa shape index (κ3) is 2.71. The molecule has 17 heavy (non-hydrogen) atoms. The zero-order chi connectivity index (χ0) is 13.2. The molecule has 1 rings (SSSR count). The van der Waals surface area contributed by atoms with E-state index in [1.807, 2.05) is 0 Å². The molecule has 0 aliphatic heterocycles. The fraction of sp³-hybridized carbons (Fsp3) is 0.143. The summed E-state index contributed by atoms with van der Waals surface area (Å²) < 4.78 is 39.1. The van der Waals surface area contributed by atoms with Crippen LogP contribution >= 0.6 is 0 Å². The first-order valence-electron chi connectivity index (χ1n) is 3.85. The minimum Gasteiger partial charge on any atom is -0.402 e. The topological polar surface area (TPSA) is 115 Å². The second kappa shape index (κ2) is 4.12. The number of rotatable bonds is 2. The van der Waals surface area contributed by atoms with E-state index in [1.54, 1.807) is 0 Å². The molecule has 2 N–H and O–H groups in total. The lowest BCUT2D eigenvalue weighted by atomic mass is 10.2. The number of nitrogen functional groups attached to an aromatic ring is 1. The van der Waals surface area contributed by atoms with Gasteiger partial charge in [-0.3, -0.25) is 10.1 Å². The third-order valence-electron chi connectivity index (χ3n) is 1.57. The quantitative estimate of drug-likeness (QED) is 0.623. The van der Waals surface area contributed by atoms with Gasteiger partial charge in [0.1, 0.15) is 6.07 Å². The smallest absolute Gasteiger partial charge is 0.402 e. The van der Waals surface area contributed by atoms with Crippen LogP contribution in [-0.4, -0.2) is 16.3 Å². The number of anilines is 1. The molecule has 0 atom stereocenters. The van der Waals surface area contributed by atoms with Gasteiger partial charge < -0.3 is 10.5 Å². The Morgan fingerprint density at radius 2 is 2.18 bits per heavy atom. The van der Waals surface area contributed by atoms with E-state index in [-0.39, 0.29) is 0 Å². The molecule has 7 nitrogen and oxygen atoms in total. The number of ether oxygens (including phenoxy) is 1. The van der Waals surface area contributed by atoms with Gasteiger partial charge in [-0.15, -0.1) is 13.2 Å². The fourth-order valence-electron chi connectivity index (χ4n) is 0.971. The molecule has 1 aromatic heterocycles. The first-order chi connectivity index (χ1) is 7.76. The van der Waals surface area contributed by atoms with E-state index in [1.165, 1.54) is 6.07 Å². The summed E-state index contributed by atoms with van der Waals surface area (Å²) in [7, 11) is 0. The van der Waals surface area contributed by atoms with Gasteiger partial charge in [0.15, 0.2) is 11.4 Å². The van der Waals surface area contributed by atoms with Gasteiger partial charge in [0.05, 0.1) is 11.1 Å². The predicted molar refractivity (Wildman–Crippen MR) is 46.7 cm³/mol. The monoisotopic (exact) mass is 248 g/mol. The van der Waals surface area contributed by atoms with Crippen molar-refractivity contribution >= 4 is 11.4 Å². The van der Waals surface area contributed by atoms with E-state index in [9.17, 15) is 23.3 Å². The van der Waals surface area contributed by atoms with Crippen LogP contribution in [0.25, 0.3) is 0 Å². The number of hydrogen-bond donors (Lipinski definition) is 1. The first-order valence-corrected chi connectivity index (χ1v) is 3.85. The molecule has 0 amide bonds. The summed E-state index contributed by atoms with van der Waals surface area (Å²) in [5, 5.41) is 19.0. The van der Waals surface area contributed by atoms with E-state index in [4.69, 9.17) is 11.0 Å². The zero-order valence-electron chi connectivity index (χ0n) is 7.85. The second-order valence-corrected chi connectivity index (χ2v) is 2.65. The van der Waals surface area contributed by atoms with Gasteiger partial charge in [-0.05, 0) is 0 Å². The van der Waals surface area contributed by atoms with Gasteiger partial charge in [0.2, 0.25) is 5.69 Å². The number of hydrogen-bond acceptors (Lipinski definition) is 6. The summed E-state index contributed by atoms with van der Waals surface area (Å²) in [6.45, 7) is 0. The van der Waals surface area contributed by atoms with Crippen molar-refractivity contribution in [3.8, 4) is 11.8 Å². The number of nitriles is 1. The molecular weight excluding hydrogens is 245 g/mol. The second-order valence-electron chi connectivity index (χ2n) is 2.65. The van der Waals surface area contributed by atoms with Crippen molar-refractivity contribution in [3.63, 3.8) is 0 Å². The van der Waals surface area contributed by atoms with Gasteiger partial charge in [0.25, 0.3) is 0 Å².